The van der Waals surface area contributed by atoms with E-state index in [1.54, 1.807) is 0 Å². The average molecular weight is 369 g/mol. The summed E-state index contributed by atoms with van der Waals surface area (Å²) in [5.41, 5.74) is -0.439. The molecular formula is C15H20FN5O3S. The van der Waals surface area contributed by atoms with Crippen LogP contribution in [0.2, 0.25) is 0 Å². The maximum Gasteiger partial charge on any atom is 0.270 e. The maximum absolute atomic E-state index is 13.0. The molecule has 25 heavy (non-hydrogen) atoms. The molecule has 2 aromatic rings. The molecule has 0 aliphatic carbocycles. The fourth-order valence-corrected chi connectivity index (χ4v) is 3.21. The van der Waals surface area contributed by atoms with E-state index in [4.69, 9.17) is 0 Å². The first kappa shape index (κ1) is 19.0. The van der Waals surface area contributed by atoms with E-state index in [1.807, 2.05) is 20.8 Å². The SMILES string of the molecule is CC(C)(C)n1nnc(NC(=O)C(C)(C)S(=O)(=O)c2ccc(F)cc2)n1. The summed E-state index contributed by atoms with van der Waals surface area (Å²) in [6.07, 6.45) is 0. The highest BCUT2D eigenvalue weighted by Crippen LogP contribution is 2.26. The van der Waals surface area contributed by atoms with Crippen LogP contribution in [-0.2, 0) is 20.2 Å². The molecule has 8 nitrogen and oxygen atoms in total. The number of carbonyl (C=O) groups is 1. The topological polar surface area (TPSA) is 107 Å². The minimum atomic E-state index is -4.06. The van der Waals surface area contributed by atoms with E-state index in [1.165, 1.54) is 18.6 Å². The van der Waals surface area contributed by atoms with Crippen molar-refractivity contribution in [1.82, 2.24) is 20.2 Å². The zero-order valence-corrected chi connectivity index (χ0v) is 15.4. The average Bonchev–Trinajstić information content (AvgIpc) is 2.96. The van der Waals surface area contributed by atoms with Gasteiger partial charge in [-0.2, -0.15) is 4.80 Å². The van der Waals surface area contributed by atoms with Gasteiger partial charge in [-0.1, -0.05) is 5.10 Å². The number of sulfone groups is 1. The second kappa shape index (κ2) is 6.17. The molecule has 0 aliphatic rings. The number of benzene rings is 1. The van der Waals surface area contributed by atoms with Crippen molar-refractivity contribution in [1.29, 1.82) is 0 Å². The summed E-state index contributed by atoms with van der Waals surface area (Å²) in [6.45, 7) is 8.07. The molecule has 0 aliphatic heterocycles. The van der Waals surface area contributed by atoms with Crippen LogP contribution in [0.25, 0.3) is 0 Å². The highest BCUT2D eigenvalue weighted by atomic mass is 32.2. The molecule has 136 valence electrons. The summed E-state index contributed by atoms with van der Waals surface area (Å²) in [6, 6.07) is 4.29. The monoisotopic (exact) mass is 369 g/mol. The molecule has 0 saturated carbocycles. The lowest BCUT2D eigenvalue weighted by Gasteiger charge is -2.23. The Hall–Kier alpha value is -2.36. The second-order valence-corrected chi connectivity index (χ2v) is 9.49. The first-order valence-corrected chi connectivity index (χ1v) is 8.96. The predicted octanol–water partition coefficient (Wildman–Crippen LogP) is 1.76. The normalized spacial score (nSPS) is 12.9. The fraction of sp³-hybridized carbons (Fsp3) is 0.467. The van der Waals surface area contributed by atoms with Crippen LogP contribution in [0, 0.1) is 5.82 Å². The molecule has 2 rings (SSSR count). The van der Waals surface area contributed by atoms with Crippen LogP contribution < -0.4 is 5.32 Å². The summed E-state index contributed by atoms with van der Waals surface area (Å²) >= 11 is 0. The number of anilines is 1. The third-order valence-electron chi connectivity index (χ3n) is 3.58. The minimum absolute atomic E-state index is 0.0951. The standard InChI is InChI=1S/C15H20FN5O3S/c1-14(2,3)21-19-13(18-20-21)17-12(22)15(4,5)25(23,24)11-8-6-10(16)7-9-11/h6-9H,1-5H3,(H,17,19,22). The van der Waals surface area contributed by atoms with Gasteiger partial charge < -0.3 is 0 Å². The van der Waals surface area contributed by atoms with Crippen molar-refractivity contribution in [3.05, 3.63) is 30.1 Å². The van der Waals surface area contributed by atoms with Crippen molar-refractivity contribution in [3.8, 4) is 0 Å². The van der Waals surface area contributed by atoms with E-state index in [9.17, 15) is 17.6 Å². The van der Waals surface area contributed by atoms with Crippen LogP contribution in [0.4, 0.5) is 10.3 Å². The molecule has 1 aromatic heterocycles. The van der Waals surface area contributed by atoms with Gasteiger partial charge in [-0.3, -0.25) is 10.1 Å². The van der Waals surface area contributed by atoms with Crippen LogP contribution in [0.5, 0.6) is 0 Å². The smallest absolute Gasteiger partial charge is 0.270 e. The van der Waals surface area contributed by atoms with Crippen LogP contribution in [-0.4, -0.2) is 39.3 Å². The number of nitrogens with one attached hydrogen (secondary N) is 1. The summed E-state index contributed by atoms with van der Waals surface area (Å²) in [5.74, 6) is -1.48. The van der Waals surface area contributed by atoms with Gasteiger partial charge in [0.15, 0.2) is 9.84 Å². The number of hydrogen-bond acceptors (Lipinski definition) is 6. The van der Waals surface area contributed by atoms with Gasteiger partial charge in [0, 0.05) is 0 Å². The van der Waals surface area contributed by atoms with Gasteiger partial charge in [-0.05, 0) is 64.1 Å². The Kier molecular flexibility index (Phi) is 4.69. The second-order valence-electron chi connectivity index (χ2n) is 7.00. The van der Waals surface area contributed by atoms with E-state index in [0.29, 0.717) is 0 Å². The van der Waals surface area contributed by atoms with E-state index in [-0.39, 0.29) is 10.8 Å². The van der Waals surface area contributed by atoms with Gasteiger partial charge in [-0.15, -0.1) is 5.10 Å². The van der Waals surface area contributed by atoms with Crippen LogP contribution in [0.1, 0.15) is 34.6 Å². The summed E-state index contributed by atoms with van der Waals surface area (Å²) in [5, 5.41) is 13.9. The maximum atomic E-state index is 13.0. The Morgan fingerprint density at radius 3 is 2.16 bits per heavy atom. The first-order chi connectivity index (χ1) is 11.4. The van der Waals surface area contributed by atoms with E-state index in [0.717, 1.165) is 24.3 Å². The number of tetrazole rings is 1. The Morgan fingerprint density at radius 1 is 1.12 bits per heavy atom. The highest BCUT2D eigenvalue weighted by molar-refractivity contribution is 7.93. The summed E-state index contributed by atoms with van der Waals surface area (Å²) in [7, 11) is -4.06. The molecular weight excluding hydrogens is 349 g/mol. The molecule has 1 aromatic carbocycles. The molecule has 0 fully saturated rings. The third kappa shape index (κ3) is 3.68. The molecule has 1 heterocycles. The zero-order chi connectivity index (χ0) is 19.0. The lowest BCUT2D eigenvalue weighted by Crippen LogP contribution is -2.44. The molecule has 0 saturated heterocycles. The fourth-order valence-electron chi connectivity index (χ4n) is 1.83. The van der Waals surface area contributed by atoms with Gasteiger partial charge in [-0.25, -0.2) is 12.8 Å². The van der Waals surface area contributed by atoms with Crippen molar-refractivity contribution in [2.24, 2.45) is 0 Å². The van der Waals surface area contributed by atoms with Gasteiger partial charge >= 0.3 is 0 Å². The predicted molar refractivity (Wildman–Crippen MR) is 89.1 cm³/mol. The number of hydrogen-bond donors (Lipinski definition) is 1. The zero-order valence-electron chi connectivity index (χ0n) is 14.6. The van der Waals surface area contributed by atoms with Gasteiger partial charge in [0.05, 0.1) is 10.4 Å². The molecule has 0 atom stereocenters. The Bertz CT molecular complexity index is 883. The van der Waals surface area contributed by atoms with Gasteiger partial charge in [0.25, 0.3) is 5.95 Å². The molecule has 0 radical (unpaired) electrons. The number of halogens is 1. The van der Waals surface area contributed by atoms with Crippen molar-refractivity contribution < 1.29 is 17.6 Å². The summed E-state index contributed by atoms with van der Waals surface area (Å²) in [4.78, 5) is 13.7. The van der Waals surface area contributed by atoms with Crippen molar-refractivity contribution >= 4 is 21.7 Å². The van der Waals surface area contributed by atoms with Gasteiger partial charge in [0.1, 0.15) is 10.6 Å². The Labute approximate surface area is 145 Å². The quantitative estimate of drug-likeness (QED) is 0.823. The van der Waals surface area contributed by atoms with Crippen molar-refractivity contribution in [3.63, 3.8) is 0 Å². The van der Waals surface area contributed by atoms with Gasteiger partial charge in [0.2, 0.25) is 5.91 Å². The number of rotatable bonds is 4. The van der Waals surface area contributed by atoms with Crippen LogP contribution in [0.3, 0.4) is 0 Å². The van der Waals surface area contributed by atoms with Crippen LogP contribution >= 0.6 is 0 Å². The summed E-state index contributed by atoms with van der Waals surface area (Å²) < 4.78 is 36.6. The minimum Gasteiger partial charge on any atom is -0.290 e. The number of carbonyl (C=O) groups excluding carboxylic acids is 1. The largest absolute Gasteiger partial charge is 0.290 e. The van der Waals surface area contributed by atoms with Crippen LogP contribution in [0.15, 0.2) is 29.2 Å². The van der Waals surface area contributed by atoms with E-state index < -0.39 is 31.8 Å². The Morgan fingerprint density at radius 2 is 1.68 bits per heavy atom. The first-order valence-electron chi connectivity index (χ1n) is 7.48. The molecule has 10 heteroatoms. The number of amides is 1. The van der Waals surface area contributed by atoms with Crippen molar-refractivity contribution in [2.75, 3.05) is 5.32 Å². The molecule has 1 N–H and O–H groups in total. The Balaban J connectivity index is 2.27. The van der Waals surface area contributed by atoms with E-state index >= 15 is 0 Å². The van der Waals surface area contributed by atoms with E-state index in [2.05, 4.69) is 20.7 Å². The third-order valence-corrected chi connectivity index (χ3v) is 6.00. The van der Waals surface area contributed by atoms with Crippen molar-refractivity contribution in [2.45, 2.75) is 49.8 Å². The molecule has 0 unspecified atom stereocenters. The molecule has 0 bridgehead atoms. The number of nitrogens with zero attached hydrogens (tertiary/aromatic N) is 4. The lowest BCUT2D eigenvalue weighted by atomic mass is 10.1. The molecule has 1 amide bonds. The lowest BCUT2D eigenvalue weighted by molar-refractivity contribution is -0.117. The molecule has 0 spiro atoms. The number of aromatic nitrogens is 4. The highest BCUT2D eigenvalue weighted by Gasteiger charge is 2.43.